The quantitative estimate of drug-likeness (QED) is 0.249. The van der Waals surface area contributed by atoms with Gasteiger partial charge in [-0.2, -0.15) is 0 Å². The van der Waals surface area contributed by atoms with Gasteiger partial charge in [-0.25, -0.2) is 0 Å². The van der Waals surface area contributed by atoms with Gasteiger partial charge in [0, 0.05) is 33.4 Å². The number of aliphatic imine (C=N–C) groups is 1. The monoisotopic (exact) mass is 449 g/mol. The number of hydrogen-bond acceptors (Lipinski definition) is 3. The van der Waals surface area contributed by atoms with Crippen LogP contribution in [0.25, 0.3) is 0 Å². The van der Waals surface area contributed by atoms with E-state index in [0.29, 0.717) is 6.61 Å². The van der Waals surface area contributed by atoms with Crippen LogP contribution in [0.15, 0.2) is 29.3 Å². The Kier molecular flexibility index (Phi) is 14.0. The molecule has 0 radical (unpaired) electrons. The normalized spacial score (nSPS) is 11.3. The second-order valence-electron chi connectivity index (χ2n) is 5.58. The van der Waals surface area contributed by atoms with E-state index in [2.05, 4.69) is 39.9 Å². The summed E-state index contributed by atoms with van der Waals surface area (Å²) in [6, 6.07) is 8.42. The molecule has 2 N–H and O–H groups in total. The molecular formula is C18H32IN3O2. The fourth-order valence-corrected chi connectivity index (χ4v) is 2.02. The Bertz CT molecular complexity index is 467. The Morgan fingerprint density at radius 1 is 1.21 bits per heavy atom. The molecule has 1 aromatic rings. The summed E-state index contributed by atoms with van der Waals surface area (Å²) in [6.07, 6.45) is 1.22. The summed E-state index contributed by atoms with van der Waals surface area (Å²) >= 11 is 0. The van der Waals surface area contributed by atoms with Gasteiger partial charge in [0.2, 0.25) is 0 Å². The van der Waals surface area contributed by atoms with Gasteiger partial charge >= 0.3 is 0 Å². The standard InChI is InChI=1S/C18H31N3O2.HI/c1-5-22-11-7-10-20-18(19-4)21-13-16-8-6-9-17(12-16)14-23-15(2)3;/h6,8-9,12,15H,5,7,10-11,13-14H2,1-4H3,(H2,19,20,21);1H. The van der Waals surface area contributed by atoms with E-state index in [1.807, 2.05) is 20.8 Å². The zero-order valence-corrected chi connectivity index (χ0v) is 17.6. The van der Waals surface area contributed by atoms with Gasteiger partial charge < -0.3 is 20.1 Å². The van der Waals surface area contributed by atoms with Crippen LogP contribution in [-0.2, 0) is 22.6 Å². The number of hydrogen-bond donors (Lipinski definition) is 2. The minimum absolute atomic E-state index is 0. The molecular weight excluding hydrogens is 417 g/mol. The Hall–Kier alpha value is -0.860. The van der Waals surface area contributed by atoms with Crippen molar-refractivity contribution in [2.24, 2.45) is 4.99 Å². The van der Waals surface area contributed by atoms with E-state index in [4.69, 9.17) is 9.47 Å². The van der Waals surface area contributed by atoms with Crippen molar-refractivity contribution in [3.8, 4) is 0 Å². The number of rotatable bonds is 10. The first-order valence-electron chi connectivity index (χ1n) is 8.37. The Morgan fingerprint density at radius 2 is 1.96 bits per heavy atom. The van der Waals surface area contributed by atoms with Crippen LogP contribution >= 0.6 is 24.0 Å². The molecule has 0 fully saturated rings. The molecule has 0 aliphatic carbocycles. The molecule has 138 valence electrons. The minimum Gasteiger partial charge on any atom is -0.382 e. The van der Waals surface area contributed by atoms with Gasteiger partial charge in [0.15, 0.2) is 5.96 Å². The molecule has 5 nitrogen and oxygen atoms in total. The molecule has 0 unspecified atom stereocenters. The Labute approximate surface area is 163 Å². The summed E-state index contributed by atoms with van der Waals surface area (Å²) in [4.78, 5) is 4.23. The number of nitrogens with zero attached hydrogens (tertiary/aromatic N) is 1. The number of ether oxygens (including phenoxy) is 2. The van der Waals surface area contributed by atoms with Crippen molar-refractivity contribution in [2.45, 2.75) is 46.4 Å². The summed E-state index contributed by atoms with van der Waals surface area (Å²) in [5.41, 5.74) is 2.41. The lowest BCUT2D eigenvalue weighted by molar-refractivity contribution is 0.0657. The van der Waals surface area contributed by atoms with Gasteiger partial charge in [0.25, 0.3) is 0 Å². The van der Waals surface area contributed by atoms with Crippen molar-refractivity contribution in [2.75, 3.05) is 26.8 Å². The van der Waals surface area contributed by atoms with Crippen LogP contribution in [0.5, 0.6) is 0 Å². The maximum absolute atomic E-state index is 5.65. The average Bonchev–Trinajstić information content (AvgIpc) is 2.56. The van der Waals surface area contributed by atoms with Crippen LogP contribution in [0, 0.1) is 0 Å². The number of halogens is 1. The van der Waals surface area contributed by atoms with E-state index in [9.17, 15) is 0 Å². The number of nitrogens with one attached hydrogen (secondary N) is 2. The van der Waals surface area contributed by atoms with Crippen molar-refractivity contribution in [1.29, 1.82) is 0 Å². The predicted molar refractivity (Wildman–Crippen MR) is 111 cm³/mol. The van der Waals surface area contributed by atoms with Crippen LogP contribution in [0.3, 0.4) is 0 Å². The lowest BCUT2D eigenvalue weighted by Crippen LogP contribution is -2.37. The molecule has 1 aromatic carbocycles. The molecule has 0 aliphatic rings. The van der Waals surface area contributed by atoms with Crippen molar-refractivity contribution in [3.05, 3.63) is 35.4 Å². The van der Waals surface area contributed by atoms with Crippen LogP contribution in [0.4, 0.5) is 0 Å². The molecule has 0 bridgehead atoms. The largest absolute Gasteiger partial charge is 0.382 e. The van der Waals surface area contributed by atoms with E-state index in [1.54, 1.807) is 7.05 Å². The molecule has 0 saturated carbocycles. The SMILES string of the molecule is CCOCCCNC(=NC)NCc1cccc(COC(C)C)c1.I. The Morgan fingerprint density at radius 3 is 2.62 bits per heavy atom. The van der Waals surface area contributed by atoms with Crippen LogP contribution in [0.2, 0.25) is 0 Å². The average molecular weight is 449 g/mol. The van der Waals surface area contributed by atoms with Gasteiger partial charge in [0.05, 0.1) is 12.7 Å². The zero-order chi connectivity index (χ0) is 16.9. The second kappa shape index (κ2) is 14.5. The summed E-state index contributed by atoms with van der Waals surface area (Å²) in [5.74, 6) is 0.810. The summed E-state index contributed by atoms with van der Waals surface area (Å²) in [5, 5.41) is 6.61. The minimum atomic E-state index is 0. The highest BCUT2D eigenvalue weighted by Gasteiger charge is 2.01. The van der Waals surface area contributed by atoms with Crippen LogP contribution < -0.4 is 10.6 Å². The molecule has 1 rings (SSSR count). The highest BCUT2D eigenvalue weighted by Crippen LogP contribution is 2.07. The molecule has 0 heterocycles. The number of guanidine groups is 1. The van der Waals surface area contributed by atoms with Gasteiger partial charge in [-0.15, -0.1) is 24.0 Å². The molecule has 0 spiro atoms. The smallest absolute Gasteiger partial charge is 0.191 e. The summed E-state index contributed by atoms with van der Waals surface area (Å²) in [7, 11) is 1.78. The fourth-order valence-electron chi connectivity index (χ4n) is 2.02. The van der Waals surface area contributed by atoms with Crippen LogP contribution in [-0.4, -0.2) is 38.9 Å². The highest BCUT2D eigenvalue weighted by molar-refractivity contribution is 14.0. The van der Waals surface area contributed by atoms with E-state index < -0.39 is 0 Å². The molecule has 0 aromatic heterocycles. The van der Waals surface area contributed by atoms with Gasteiger partial charge in [-0.1, -0.05) is 24.3 Å². The van der Waals surface area contributed by atoms with Gasteiger partial charge in [-0.3, -0.25) is 4.99 Å². The van der Waals surface area contributed by atoms with E-state index in [1.165, 1.54) is 11.1 Å². The van der Waals surface area contributed by atoms with Gasteiger partial charge in [-0.05, 0) is 38.3 Å². The van der Waals surface area contributed by atoms with Crippen molar-refractivity contribution in [3.63, 3.8) is 0 Å². The molecule has 0 amide bonds. The summed E-state index contributed by atoms with van der Waals surface area (Å²) in [6.45, 7) is 9.88. The lowest BCUT2D eigenvalue weighted by atomic mass is 10.1. The number of benzene rings is 1. The molecule has 0 atom stereocenters. The van der Waals surface area contributed by atoms with Gasteiger partial charge in [0.1, 0.15) is 0 Å². The second-order valence-corrected chi connectivity index (χ2v) is 5.58. The maximum Gasteiger partial charge on any atom is 0.191 e. The van der Waals surface area contributed by atoms with E-state index in [-0.39, 0.29) is 30.1 Å². The highest BCUT2D eigenvalue weighted by atomic mass is 127. The summed E-state index contributed by atoms with van der Waals surface area (Å²) < 4.78 is 11.0. The first kappa shape index (κ1) is 23.1. The third kappa shape index (κ3) is 10.8. The maximum atomic E-state index is 5.65. The predicted octanol–water partition coefficient (Wildman–Crippen LogP) is 3.32. The third-order valence-electron chi connectivity index (χ3n) is 3.22. The fraction of sp³-hybridized carbons (Fsp3) is 0.611. The first-order valence-corrected chi connectivity index (χ1v) is 8.37. The molecule has 6 heteroatoms. The van der Waals surface area contributed by atoms with Crippen molar-refractivity contribution >= 4 is 29.9 Å². The molecule has 0 aliphatic heterocycles. The van der Waals surface area contributed by atoms with E-state index in [0.717, 1.165) is 38.7 Å². The molecule has 24 heavy (non-hydrogen) atoms. The van der Waals surface area contributed by atoms with Crippen molar-refractivity contribution < 1.29 is 9.47 Å². The molecule has 0 saturated heterocycles. The lowest BCUT2D eigenvalue weighted by Gasteiger charge is -2.13. The van der Waals surface area contributed by atoms with E-state index >= 15 is 0 Å². The Balaban J connectivity index is 0.00000529. The zero-order valence-electron chi connectivity index (χ0n) is 15.3. The topological polar surface area (TPSA) is 54.9 Å². The third-order valence-corrected chi connectivity index (χ3v) is 3.22. The first-order chi connectivity index (χ1) is 11.2. The van der Waals surface area contributed by atoms with Crippen LogP contribution in [0.1, 0.15) is 38.3 Å². The van der Waals surface area contributed by atoms with Crippen molar-refractivity contribution in [1.82, 2.24) is 10.6 Å².